The van der Waals surface area contributed by atoms with Gasteiger partial charge in [-0.15, -0.1) is 0 Å². The normalized spacial score (nSPS) is 22.8. The summed E-state index contributed by atoms with van der Waals surface area (Å²) in [4.78, 5) is 22.2. The largest absolute Gasteiger partial charge is 0.383 e. The fourth-order valence-corrected chi connectivity index (χ4v) is 2.29. The van der Waals surface area contributed by atoms with Crippen LogP contribution in [0.1, 0.15) is 35.1 Å². The van der Waals surface area contributed by atoms with Gasteiger partial charge in [0.15, 0.2) is 0 Å². The number of fused-ring (bicyclic) bond motifs is 1. The number of anilines is 2. The summed E-state index contributed by atoms with van der Waals surface area (Å²) in [6, 6.07) is 0. The van der Waals surface area contributed by atoms with Gasteiger partial charge in [-0.05, 0) is 12.8 Å². The van der Waals surface area contributed by atoms with E-state index in [1.807, 2.05) is 4.90 Å². The molecule has 3 heterocycles. The Bertz CT molecular complexity index is 482. The van der Waals surface area contributed by atoms with Crippen molar-refractivity contribution in [3.63, 3.8) is 0 Å². The van der Waals surface area contributed by atoms with Crippen LogP contribution in [0.4, 0.5) is 11.8 Å². The number of nitrogens with zero attached hydrogens (tertiary/aromatic N) is 3. The number of amides is 1. The first-order valence-electron chi connectivity index (χ1n) is 5.65. The maximum Gasteiger partial charge on any atom is 0.272 e. The van der Waals surface area contributed by atoms with Crippen LogP contribution in [0.25, 0.3) is 0 Å². The van der Waals surface area contributed by atoms with E-state index in [1.54, 1.807) is 0 Å². The van der Waals surface area contributed by atoms with E-state index in [4.69, 9.17) is 11.5 Å². The lowest BCUT2D eigenvalue weighted by atomic mass is 10.2. The Kier molecular flexibility index (Phi) is 2.15. The summed E-state index contributed by atoms with van der Waals surface area (Å²) < 4.78 is 0. The molecule has 1 unspecified atom stereocenters. The molecule has 7 nitrogen and oxygen atoms in total. The molecule has 0 saturated carbocycles. The van der Waals surface area contributed by atoms with Crippen molar-refractivity contribution in [2.45, 2.75) is 19.0 Å². The van der Waals surface area contributed by atoms with Gasteiger partial charge in [0.05, 0.1) is 5.56 Å². The van der Waals surface area contributed by atoms with Crippen LogP contribution < -0.4 is 21.7 Å². The maximum absolute atomic E-state index is 11.6. The minimum absolute atomic E-state index is 0.276. The van der Waals surface area contributed by atoms with Gasteiger partial charge in [-0.25, -0.2) is 4.98 Å². The van der Waals surface area contributed by atoms with Crippen molar-refractivity contribution in [3.05, 3.63) is 11.3 Å². The molecular formula is C10H14N6O. The number of nitrogens with two attached hydrogens (primary N) is 2. The zero-order valence-electron chi connectivity index (χ0n) is 9.31. The van der Waals surface area contributed by atoms with Crippen LogP contribution in [0.5, 0.6) is 0 Å². The lowest BCUT2D eigenvalue weighted by Gasteiger charge is -2.16. The standard InChI is InChI=1S/C10H14N6O/c11-7-5-6(9(17)14-7)13-10(15-8(5)12)16-3-1-2-4-16/h7H,1-4,11H2,(H,14,17)(H2,12,13,15). The number of nitrogen functional groups attached to an aromatic ring is 1. The molecule has 5 N–H and O–H groups in total. The molecule has 1 saturated heterocycles. The third-order valence-corrected chi connectivity index (χ3v) is 3.16. The van der Waals surface area contributed by atoms with Crippen molar-refractivity contribution in [1.29, 1.82) is 0 Å². The highest BCUT2D eigenvalue weighted by Gasteiger charge is 2.32. The van der Waals surface area contributed by atoms with Crippen molar-refractivity contribution >= 4 is 17.7 Å². The Morgan fingerprint density at radius 2 is 2.00 bits per heavy atom. The highest BCUT2D eigenvalue weighted by atomic mass is 16.2. The number of rotatable bonds is 1. The van der Waals surface area contributed by atoms with Gasteiger partial charge in [-0.3, -0.25) is 4.79 Å². The van der Waals surface area contributed by atoms with Gasteiger partial charge in [0, 0.05) is 13.1 Å². The molecule has 2 aliphatic heterocycles. The van der Waals surface area contributed by atoms with Crippen LogP contribution >= 0.6 is 0 Å². The summed E-state index contributed by atoms with van der Waals surface area (Å²) in [6.45, 7) is 1.82. The molecular weight excluding hydrogens is 220 g/mol. The van der Waals surface area contributed by atoms with Crippen molar-refractivity contribution in [2.75, 3.05) is 23.7 Å². The van der Waals surface area contributed by atoms with Crippen LogP contribution in [0.3, 0.4) is 0 Å². The summed E-state index contributed by atoms with van der Waals surface area (Å²) in [5, 5.41) is 2.58. The first kappa shape index (κ1) is 10.3. The number of carbonyl (C=O) groups excluding carboxylic acids is 1. The van der Waals surface area contributed by atoms with Crippen LogP contribution in [0, 0.1) is 0 Å². The van der Waals surface area contributed by atoms with E-state index in [2.05, 4.69) is 15.3 Å². The minimum Gasteiger partial charge on any atom is -0.383 e. The molecule has 1 aromatic rings. The van der Waals surface area contributed by atoms with E-state index in [1.165, 1.54) is 0 Å². The average molecular weight is 234 g/mol. The Morgan fingerprint density at radius 3 is 2.71 bits per heavy atom. The second-order valence-corrected chi connectivity index (χ2v) is 4.32. The SMILES string of the molecule is Nc1nc(N2CCCC2)nc2c1C(N)NC2=O. The lowest BCUT2D eigenvalue weighted by molar-refractivity contribution is 0.0953. The molecule has 1 amide bonds. The highest BCUT2D eigenvalue weighted by Crippen LogP contribution is 2.27. The average Bonchev–Trinajstić information content (AvgIpc) is 2.88. The molecule has 1 aromatic heterocycles. The number of hydrogen-bond donors (Lipinski definition) is 3. The van der Waals surface area contributed by atoms with Gasteiger partial charge in [-0.1, -0.05) is 0 Å². The molecule has 0 spiro atoms. The zero-order chi connectivity index (χ0) is 12.0. The summed E-state index contributed by atoms with van der Waals surface area (Å²) in [5.74, 6) is 0.549. The Hall–Kier alpha value is -1.89. The van der Waals surface area contributed by atoms with Crippen molar-refractivity contribution in [1.82, 2.24) is 15.3 Å². The van der Waals surface area contributed by atoms with Gasteiger partial charge in [0.2, 0.25) is 5.95 Å². The Balaban J connectivity index is 2.07. The number of carbonyl (C=O) groups is 1. The van der Waals surface area contributed by atoms with E-state index in [0.29, 0.717) is 23.0 Å². The van der Waals surface area contributed by atoms with Crippen LogP contribution in [0.15, 0.2) is 0 Å². The molecule has 1 atom stereocenters. The molecule has 7 heteroatoms. The fourth-order valence-electron chi connectivity index (χ4n) is 2.29. The Labute approximate surface area is 98.2 Å². The van der Waals surface area contributed by atoms with Gasteiger partial charge < -0.3 is 21.7 Å². The van der Waals surface area contributed by atoms with E-state index < -0.39 is 6.17 Å². The summed E-state index contributed by atoms with van der Waals surface area (Å²) >= 11 is 0. The van der Waals surface area contributed by atoms with Crippen molar-refractivity contribution in [3.8, 4) is 0 Å². The molecule has 17 heavy (non-hydrogen) atoms. The van der Waals surface area contributed by atoms with E-state index in [9.17, 15) is 4.79 Å². The third kappa shape index (κ3) is 1.50. The van der Waals surface area contributed by atoms with Crippen molar-refractivity contribution < 1.29 is 4.79 Å². The molecule has 90 valence electrons. The predicted octanol–water partition coefficient (Wildman–Crippen LogP) is -0.640. The Morgan fingerprint density at radius 1 is 1.29 bits per heavy atom. The van der Waals surface area contributed by atoms with Gasteiger partial charge in [-0.2, -0.15) is 4.98 Å². The molecule has 0 radical (unpaired) electrons. The topological polar surface area (TPSA) is 110 Å². The second-order valence-electron chi connectivity index (χ2n) is 4.32. The van der Waals surface area contributed by atoms with Crippen LogP contribution in [-0.4, -0.2) is 29.0 Å². The third-order valence-electron chi connectivity index (χ3n) is 3.16. The van der Waals surface area contributed by atoms with E-state index in [-0.39, 0.29) is 5.91 Å². The smallest absolute Gasteiger partial charge is 0.272 e. The van der Waals surface area contributed by atoms with Gasteiger partial charge in [0.25, 0.3) is 5.91 Å². The summed E-state index contributed by atoms with van der Waals surface area (Å²) in [6.07, 6.45) is 1.64. The summed E-state index contributed by atoms with van der Waals surface area (Å²) in [5.41, 5.74) is 12.4. The second kappa shape index (κ2) is 3.56. The quantitative estimate of drug-likeness (QED) is 0.596. The number of hydrogen-bond acceptors (Lipinski definition) is 6. The zero-order valence-corrected chi connectivity index (χ0v) is 9.31. The first-order valence-corrected chi connectivity index (χ1v) is 5.65. The van der Waals surface area contributed by atoms with Gasteiger partial charge >= 0.3 is 0 Å². The van der Waals surface area contributed by atoms with Crippen LogP contribution in [0.2, 0.25) is 0 Å². The van der Waals surface area contributed by atoms with E-state index in [0.717, 1.165) is 25.9 Å². The highest BCUT2D eigenvalue weighted by molar-refractivity contribution is 5.98. The van der Waals surface area contributed by atoms with Crippen LogP contribution in [-0.2, 0) is 0 Å². The molecule has 0 bridgehead atoms. The predicted molar refractivity (Wildman–Crippen MR) is 62.3 cm³/mol. The fraction of sp³-hybridized carbons (Fsp3) is 0.500. The lowest BCUT2D eigenvalue weighted by Crippen LogP contribution is -2.25. The molecule has 0 aromatic carbocycles. The first-order chi connectivity index (χ1) is 8.16. The number of nitrogens with one attached hydrogen (secondary N) is 1. The summed E-state index contributed by atoms with van der Waals surface area (Å²) in [7, 11) is 0. The molecule has 0 aliphatic carbocycles. The maximum atomic E-state index is 11.6. The molecule has 1 fully saturated rings. The monoisotopic (exact) mass is 234 g/mol. The minimum atomic E-state index is -0.592. The number of aromatic nitrogens is 2. The van der Waals surface area contributed by atoms with E-state index >= 15 is 0 Å². The van der Waals surface area contributed by atoms with Gasteiger partial charge in [0.1, 0.15) is 17.7 Å². The molecule has 3 rings (SSSR count). The molecule has 2 aliphatic rings. The van der Waals surface area contributed by atoms with Crippen molar-refractivity contribution in [2.24, 2.45) is 5.73 Å².